The number of rotatable bonds is 6. The molecule has 126 valence electrons. The molecule has 6 nitrogen and oxygen atoms in total. The number of thioether (sulfide) groups is 1. The average molecular weight is 410 g/mol. The van der Waals surface area contributed by atoms with Crippen molar-refractivity contribution < 1.29 is 4.42 Å². The maximum atomic E-state index is 11.8. The Labute approximate surface area is 150 Å². The number of aromatic amines is 1. The highest BCUT2D eigenvalue weighted by molar-refractivity contribution is 9.10. The standard InChI is InChI=1S/C16H16BrN3O3S/c1-2-3-6-20-15(22)18-19-16(20)24-9-10-7-14(21)23-13-8-11(17)4-5-12(10)13/h4-5,7-8H,2-3,6,9H2,1H3,(H,18,22). The molecule has 24 heavy (non-hydrogen) atoms. The van der Waals surface area contributed by atoms with Gasteiger partial charge < -0.3 is 4.42 Å². The summed E-state index contributed by atoms with van der Waals surface area (Å²) in [6.07, 6.45) is 1.92. The zero-order valence-corrected chi connectivity index (χ0v) is 15.4. The lowest BCUT2D eigenvalue weighted by atomic mass is 10.1. The van der Waals surface area contributed by atoms with Gasteiger partial charge in [-0.15, -0.1) is 5.10 Å². The lowest BCUT2D eigenvalue weighted by molar-refractivity contribution is 0.559. The van der Waals surface area contributed by atoms with Gasteiger partial charge in [-0.25, -0.2) is 14.7 Å². The topological polar surface area (TPSA) is 80.9 Å². The van der Waals surface area contributed by atoms with Gasteiger partial charge in [-0.1, -0.05) is 41.0 Å². The molecule has 0 saturated heterocycles. The fourth-order valence-corrected chi connectivity index (χ4v) is 3.70. The van der Waals surface area contributed by atoms with E-state index < -0.39 is 0 Å². The smallest absolute Gasteiger partial charge is 0.343 e. The molecule has 0 atom stereocenters. The SMILES string of the molecule is CCCCn1c(SCc2cc(=O)oc3cc(Br)ccc23)n[nH]c1=O. The van der Waals surface area contributed by atoms with E-state index in [-0.39, 0.29) is 11.3 Å². The first kappa shape index (κ1) is 17.0. The summed E-state index contributed by atoms with van der Waals surface area (Å²) >= 11 is 4.80. The molecule has 0 fully saturated rings. The van der Waals surface area contributed by atoms with E-state index in [4.69, 9.17) is 4.42 Å². The Morgan fingerprint density at radius 2 is 2.17 bits per heavy atom. The predicted molar refractivity (Wildman–Crippen MR) is 97.5 cm³/mol. The minimum Gasteiger partial charge on any atom is -0.423 e. The Morgan fingerprint density at radius 3 is 2.96 bits per heavy atom. The molecule has 2 aromatic heterocycles. The maximum absolute atomic E-state index is 11.8. The second-order valence-corrected chi connectivity index (χ2v) is 7.19. The molecule has 1 aromatic carbocycles. The van der Waals surface area contributed by atoms with Gasteiger partial charge >= 0.3 is 11.3 Å². The molecule has 0 aliphatic rings. The lowest BCUT2D eigenvalue weighted by Gasteiger charge is -2.07. The van der Waals surface area contributed by atoms with E-state index in [9.17, 15) is 9.59 Å². The summed E-state index contributed by atoms with van der Waals surface area (Å²) in [6, 6.07) is 7.08. The van der Waals surface area contributed by atoms with Gasteiger partial charge in [-0.05, 0) is 30.2 Å². The van der Waals surface area contributed by atoms with E-state index in [1.54, 1.807) is 10.6 Å². The Kier molecular flexibility index (Phi) is 5.25. The Morgan fingerprint density at radius 1 is 1.33 bits per heavy atom. The van der Waals surface area contributed by atoms with Crippen LogP contribution in [0.4, 0.5) is 0 Å². The van der Waals surface area contributed by atoms with Crippen molar-refractivity contribution in [2.24, 2.45) is 0 Å². The number of fused-ring (bicyclic) bond motifs is 1. The number of unbranched alkanes of at least 4 members (excludes halogenated alkanes) is 1. The number of nitrogens with zero attached hydrogens (tertiary/aromatic N) is 2. The van der Waals surface area contributed by atoms with Gasteiger partial charge in [0.15, 0.2) is 5.16 Å². The number of aromatic nitrogens is 3. The number of H-pyrrole nitrogens is 1. The predicted octanol–water partition coefficient (Wildman–Crippen LogP) is 3.53. The number of halogens is 1. The van der Waals surface area contributed by atoms with Crippen LogP contribution in [-0.4, -0.2) is 14.8 Å². The van der Waals surface area contributed by atoms with Crippen molar-refractivity contribution in [2.75, 3.05) is 0 Å². The first-order chi connectivity index (χ1) is 11.6. The van der Waals surface area contributed by atoms with E-state index in [1.807, 2.05) is 12.1 Å². The van der Waals surface area contributed by atoms with Crippen LogP contribution in [0.25, 0.3) is 11.0 Å². The molecule has 8 heteroatoms. The summed E-state index contributed by atoms with van der Waals surface area (Å²) in [5.41, 5.74) is 0.808. The third-order valence-electron chi connectivity index (χ3n) is 3.61. The highest BCUT2D eigenvalue weighted by Crippen LogP contribution is 2.26. The van der Waals surface area contributed by atoms with Crippen molar-refractivity contribution in [3.05, 3.63) is 55.2 Å². The maximum Gasteiger partial charge on any atom is 0.343 e. The molecule has 0 aliphatic carbocycles. The van der Waals surface area contributed by atoms with E-state index in [0.29, 0.717) is 23.0 Å². The fraction of sp³-hybridized carbons (Fsp3) is 0.312. The van der Waals surface area contributed by atoms with Gasteiger partial charge in [0.05, 0.1) is 0 Å². The number of benzene rings is 1. The van der Waals surface area contributed by atoms with E-state index >= 15 is 0 Å². The summed E-state index contributed by atoms with van der Waals surface area (Å²) < 4.78 is 7.73. The normalized spacial score (nSPS) is 11.2. The largest absolute Gasteiger partial charge is 0.423 e. The fourth-order valence-electron chi connectivity index (χ4n) is 2.39. The van der Waals surface area contributed by atoms with Crippen LogP contribution in [0.5, 0.6) is 0 Å². The van der Waals surface area contributed by atoms with Gasteiger partial charge in [-0.2, -0.15) is 0 Å². The molecule has 3 rings (SSSR count). The Balaban J connectivity index is 1.89. The highest BCUT2D eigenvalue weighted by Gasteiger charge is 2.11. The second-order valence-electron chi connectivity index (χ2n) is 5.34. The van der Waals surface area contributed by atoms with Crippen LogP contribution in [0.15, 0.2) is 47.9 Å². The summed E-state index contributed by atoms with van der Waals surface area (Å²) in [5, 5.41) is 8.08. The third-order valence-corrected chi connectivity index (χ3v) is 5.13. The Bertz CT molecular complexity index is 977. The molecule has 0 unspecified atom stereocenters. The van der Waals surface area contributed by atoms with E-state index in [1.165, 1.54) is 17.8 Å². The third kappa shape index (κ3) is 3.64. The summed E-state index contributed by atoms with van der Waals surface area (Å²) in [4.78, 5) is 23.6. The minimum absolute atomic E-state index is 0.202. The summed E-state index contributed by atoms with van der Waals surface area (Å²) in [7, 11) is 0. The molecule has 0 aliphatic heterocycles. The highest BCUT2D eigenvalue weighted by atomic mass is 79.9. The summed E-state index contributed by atoms with van der Waals surface area (Å²) in [6.45, 7) is 2.71. The van der Waals surface area contributed by atoms with E-state index in [0.717, 1.165) is 28.3 Å². The van der Waals surface area contributed by atoms with E-state index in [2.05, 4.69) is 33.1 Å². The van der Waals surface area contributed by atoms with Gasteiger partial charge in [0, 0.05) is 28.2 Å². The molecule has 0 saturated carbocycles. The van der Waals surface area contributed by atoms with Crippen molar-refractivity contribution in [2.45, 2.75) is 37.2 Å². The van der Waals surface area contributed by atoms with Gasteiger partial charge in [-0.3, -0.25) is 4.57 Å². The average Bonchev–Trinajstić information content (AvgIpc) is 2.90. The molecular weight excluding hydrogens is 394 g/mol. The van der Waals surface area contributed by atoms with Crippen LogP contribution in [0.1, 0.15) is 25.3 Å². The van der Waals surface area contributed by atoms with Crippen LogP contribution < -0.4 is 11.3 Å². The van der Waals surface area contributed by atoms with Crippen molar-refractivity contribution >= 4 is 38.7 Å². The molecule has 0 bridgehead atoms. The zero-order chi connectivity index (χ0) is 17.1. The van der Waals surface area contributed by atoms with Crippen molar-refractivity contribution in [1.29, 1.82) is 0 Å². The summed E-state index contributed by atoms with van der Waals surface area (Å²) in [5.74, 6) is 0.528. The molecule has 1 N–H and O–H groups in total. The number of nitrogens with one attached hydrogen (secondary N) is 1. The first-order valence-electron chi connectivity index (χ1n) is 7.58. The minimum atomic E-state index is -0.387. The van der Waals surface area contributed by atoms with Gasteiger partial charge in [0.25, 0.3) is 0 Å². The van der Waals surface area contributed by atoms with Crippen molar-refractivity contribution in [1.82, 2.24) is 14.8 Å². The van der Waals surface area contributed by atoms with Crippen LogP contribution in [0, 0.1) is 0 Å². The van der Waals surface area contributed by atoms with Crippen molar-refractivity contribution in [3.8, 4) is 0 Å². The molecule has 3 aromatic rings. The zero-order valence-electron chi connectivity index (χ0n) is 13.0. The molecular formula is C16H16BrN3O3S. The molecule has 0 radical (unpaired) electrons. The monoisotopic (exact) mass is 409 g/mol. The van der Waals surface area contributed by atoms with Crippen LogP contribution in [0.2, 0.25) is 0 Å². The molecule has 0 spiro atoms. The van der Waals surface area contributed by atoms with Gasteiger partial charge in [0.1, 0.15) is 5.58 Å². The van der Waals surface area contributed by atoms with Crippen LogP contribution in [-0.2, 0) is 12.3 Å². The molecule has 2 heterocycles. The number of hydrogen-bond donors (Lipinski definition) is 1. The van der Waals surface area contributed by atoms with Crippen molar-refractivity contribution in [3.63, 3.8) is 0 Å². The lowest BCUT2D eigenvalue weighted by Crippen LogP contribution is -2.17. The van der Waals surface area contributed by atoms with Crippen LogP contribution in [0.3, 0.4) is 0 Å². The Hall–Kier alpha value is -1.80. The van der Waals surface area contributed by atoms with Gasteiger partial charge in [0.2, 0.25) is 0 Å². The molecule has 0 amide bonds. The quantitative estimate of drug-likeness (QED) is 0.497. The first-order valence-corrected chi connectivity index (χ1v) is 9.36. The van der Waals surface area contributed by atoms with Crippen LogP contribution >= 0.6 is 27.7 Å². The second kappa shape index (κ2) is 7.40. The number of hydrogen-bond acceptors (Lipinski definition) is 5.